The van der Waals surface area contributed by atoms with Crippen LogP contribution < -0.4 is 5.73 Å². The van der Waals surface area contributed by atoms with Crippen molar-refractivity contribution in [2.75, 3.05) is 13.1 Å². The van der Waals surface area contributed by atoms with E-state index in [4.69, 9.17) is 5.73 Å². The highest BCUT2D eigenvalue weighted by Crippen LogP contribution is 2.22. The van der Waals surface area contributed by atoms with Crippen LogP contribution in [0.15, 0.2) is 48.5 Å². The molecule has 1 aliphatic heterocycles. The third-order valence-corrected chi connectivity index (χ3v) is 4.35. The van der Waals surface area contributed by atoms with Crippen molar-refractivity contribution in [2.45, 2.75) is 25.3 Å². The molecule has 2 N–H and O–H groups in total. The zero-order valence-corrected chi connectivity index (χ0v) is 13.0. The summed E-state index contributed by atoms with van der Waals surface area (Å²) in [7, 11) is 0. The summed E-state index contributed by atoms with van der Waals surface area (Å²) >= 11 is 0. The van der Waals surface area contributed by atoms with Gasteiger partial charge < -0.3 is 10.6 Å². The molecule has 120 valence electrons. The molecule has 1 fully saturated rings. The molecule has 1 saturated heterocycles. The first kappa shape index (κ1) is 15.7. The van der Waals surface area contributed by atoms with E-state index in [1.807, 2.05) is 29.2 Å². The standard InChI is InChI=1S/C19H21FN2O/c20-17-8-6-14(7-9-17)15-3-1-4-16(13-15)19(23)22-11-2-5-18(21)10-12-22/h1,3-4,6-9,13,18H,2,5,10-12,21H2/t18-/m1/s1. The monoisotopic (exact) mass is 312 g/mol. The second-order valence-electron chi connectivity index (χ2n) is 6.07. The Labute approximate surface area is 135 Å². The van der Waals surface area contributed by atoms with Crippen molar-refractivity contribution in [1.82, 2.24) is 4.90 Å². The Morgan fingerprint density at radius 2 is 1.83 bits per heavy atom. The Morgan fingerprint density at radius 3 is 2.61 bits per heavy atom. The zero-order valence-electron chi connectivity index (χ0n) is 13.0. The number of amides is 1. The van der Waals surface area contributed by atoms with Crippen molar-refractivity contribution in [2.24, 2.45) is 5.73 Å². The van der Waals surface area contributed by atoms with E-state index < -0.39 is 0 Å². The van der Waals surface area contributed by atoms with E-state index in [2.05, 4.69) is 0 Å². The summed E-state index contributed by atoms with van der Waals surface area (Å²) in [5.74, 6) is -0.218. The van der Waals surface area contributed by atoms with Gasteiger partial charge in [-0.15, -0.1) is 0 Å². The number of nitrogens with zero attached hydrogens (tertiary/aromatic N) is 1. The molecule has 0 unspecified atom stereocenters. The van der Waals surface area contributed by atoms with Crippen LogP contribution in [0.25, 0.3) is 11.1 Å². The lowest BCUT2D eigenvalue weighted by atomic mass is 10.0. The third-order valence-electron chi connectivity index (χ3n) is 4.35. The maximum Gasteiger partial charge on any atom is 0.253 e. The maximum absolute atomic E-state index is 13.1. The van der Waals surface area contributed by atoms with Gasteiger partial charge in [-0.05, 0) is 54.7 Å². The fourth-order valence-electron chi connectivity index (χ4n) is 2.98. The van der Waals surface area contributed by atoms with Crippen molar-refractivity contribution in [3.05, 3.63) is 59.9 Å². The predicted molar refractivity (Wildman–Crippen MR) is 89.6 cm³/mol. The molecule has 2 aromatic rings. The van der Waals surface area contributed by atoms with E-state index in [1.54, 1.807) is 12.1 Å². The van der Waals surface area contributed by atoms with E-state index in [1.165, 1.54) is 12.1 Å². The number of likely N-dealkylation sites (tertiary alicyclic amines) is 1. The second kappa shape index (κ2) is 6.92. The van der Waals surface area contributed by atoms with E-state index >= 15 is 0 Å². The quantitative estimate of drug-likeness (QED) is 0.923. The second-order valence-corrected chi connectivity index (χ2v) is 6.07. The largest absolute Gasteiger partial charge is 0.339 e. The van der Waals surface area contributed by atoms with Gasteiger partial charge in [-0.1, -0.05) is 24.3 Å². The van der Waals surface area contributed by atoms with E-state index in [-0.39, 0.29) is 17.8 Å². The molecule has 2 aromatic carbocycles. The highest BCUT2D eigenvalue weighted by atomic mass is 19.1. The number of benzene rings is 2. The van der Waals surface area contributed by atoms with Crippen LogP contribution in [0.2, 0.25) is 0 Å². The van der Waals surface area contributed by atoms with Gasteiger partial charge in [0.25, 0.3) is 5.91 Å². The van der Waals surface area contributed by atoms with Crippen LogP contribution in [-0.2, 0) is 0 Å². The first-order chi connectivity index (χ1) is 11.1. The third kappa shape index (κ3) is 3.77. The number of nitrogens with two attached hydrogens (primary N) is 1. The zero-order chi connectivity index (χ0) is 16.2. The Kier molecular flexibility index (Phi) is 4.72. The highest BCUT2D eigenvalue weighted by Gasteiger charge is 2.20. The van der Waals surface area contributed by atoms with Gasteiger partial charge in [0.2, 0.25) is 0 Å². The van der Waals surface area contributed by atoms with Crippen LogP contribution in [-0.4, -0.2) is 29.9 Å². The molecular formula is C19H21FN2O. The molecule has 23 heavy (non-hydrogen) atoms. The molecule has 4 heteroatoms. The van der Waals surface area contributed by atoms with Gasteiger partial charge in [0.1, 0.15) is 5.82 Å². The normalized spacial score (nSPS) is 18.5. The average Bonchev–Trinajstić information content (AvgIpc) is 2.79. The number of rotatable bonds is 2. The van der Waals surface area contributed by atoms with Gasteiger partial charge in [-0.25, -0.2) is 4.39 Å². The fourth-order valence-corrected chi connectivity index (χ4v) is 2.98. The molecule has 1 aliphatic rings. The Bertz CT molecular complexity index is 684. The maximum atomic E-state index is 13.1. The first-order valence-electron chi connectivity index (χ1n) is 8.04. The molecule has 0 aromatic heterocycles. The number of carbonyl (C=O) groups is 1. The number of hydrogen-bond donors (Lipinski definition) is 1. The van der Waals surface area contributed by atoms with Gasteiger partial charge in [-0.3, -0.25) is 4.79 Å². The van der Waals surface area contributed by atoms with E-state index in [9.17, 15) is 9.18 Å². The summed E-state index contributed by atoms with van der Waals surface area (Å²) in [5, 5.41) is 0. The Hall–Kier alpha value is -2.20. The minimum atomic E-state index is -0.262. The van der Waals surface area contributed by atoms with Crippen LogP contribution in [0.5, 0.6) is 0 Å². The van der Waals surface area contributed by atoms with Gasteiger partial charge in [0.05, 0.1) is 0 Å². The fraction of sp³-hybridized carbons (Fsp3) is 0.316. The van der Waals surface area contributed by atoms with Gasteiger partial charge in [0.15, 0.2) is 0 Å². The van der Waals surface area contributed by atoms with Crippen LogP contribution in [0.4, 0.5) is 4.39 Å². The summed E-state index contributed by atoms with van der Waals surface area (Å²) < 4.78 is 13.1. The molecule has 0 saturated carbocycles. The molecule has 0 bridgehead atoms. The number of hydrogen-bond acceptors (Lipinski definition) is 2. The van der Waals surface area contributed by atoms with Crippen LogP contribution in [0.1, 0.15) is 29.6 Å². The summed E-state index contributed by atoms with van der Waals surface area (Å²) in [5.41, 5.74) is 8.47. The Morgan fingerprint density at radius 1 is 1.04 bits per heavy atom. The predicted octanol–water partition coefficient (Wildman–Crippen LogP) is 3.45. The molecule has 1 heterocycles. The molecule has 1 amide bonds. The highest BCUT2D eigenvalue weighted by molar-refractivity contribution is 5.95. The number of carbonyl (C=O) groups excluding carboxylic acids is 1. The van der Waals surface area contributed by atoms with Crippen LogP contribution in [0.3, 0.4) is 0 Å². The van der Waals surface area contributed by atoms with Crippen LogP contribution in [0, 0.1) is 5.82 Å². The number of halogens is 1. The minimum Gasteiger partial charge on any atom is -0.339 e. The molecule has 0 aliphatic carbocycles. The lowest BCUT2D eigenvalue weighted by Crippen LogP contribution is -2.32. The van der Waals surface area contributed by atoms with Crippen molar-refractivity contribution in [1.29, 1.82) is 0 Å². The summed E-state index contributed by atoms with van der Waals surface area (Å²) in [6.07, 6.45) is 2.77. The molecule has 0 radical (unpaired) electrons. The Balaban J connectivity index is 1.81. The molecule has 1 atom stereocenters. The van der Waals surface area contributed by atoms with E-state index in [0.717, 1.165) is 36.9 Å². The van der Waals surface area contributed by atoms with Gasteiger partial charge in [0, 0.05) is 24.7 Å². The van der Waals surface area contributed by atoms with Gasteiger partial charge in [-0.2, -0.15) is 0 Å². The first-order valence-corrected chi connectivity index (χ1v) is 8.04. The lowest BCUT2D eigenvalue weighted by molar-refractivity contribution is 0.0761. The van der Waals surface area contributed by atoms with E-state index in [0.29, 0.717) is 12.1 Å². The van der Waals surface area contributed by atoms with Crippen molar-refractivity contribution in [3.8, 4) is 11.1 Å². The van der Waals surface area contributed by atoms with Crippen molar-refractivity contribution >= 4 is 5.91 Å². The molecular weight excluding hydrogens is 291 g/mol. The average molecular weight is 312 g/mol. The van der Waals surface area contributed by atoms with Gasteiger partial charge >= 0.3 is 0 Å². The SMILES string of the molecule is N[C@@H]1CCCN(C(=O)c2cccc(-c3ccc(F)cc3)c2)CC1. The lowest BCUT2D eigenvalue weighted by Gasteiger charge is -2.20. The summed E-state index contributed by atoms with van der Waals surface area (Å²) in [6, 6.07) is 14.0. The summed E-state index contributed by atoms with van der Waals surface area (Å²) in [4.78, 5) is 14.6. The minimum absolute atomic E-state index is 0.0445. The van der Waals surface area contributed by atoms with Crippen LogP contribution >= 0.6 is 0 Å². The van der Waals surface area contributed by atoms with Crippen molar-refractivity contribution < 1.29 is 9.18 Å². The molecule has 0 spiro atoms. The molecule has 3 rings (SSSR count). The molecule has 3 nitrogen and oxygen atoms in total. The summed E-state index contributed by atoms with van der Waals surface area (Å²) in [6.45, 7) is 1.47. The smallest absolute Gasteiger partial charge is 0.253 e. The topological polar surface area (TPSA) is 46.3 Å². The van der Waals surface area contributed by atoms with Crippen molar-refractivity contribution in [3.63, 3.8) is 0 Å².